The molecule has 0 bridgehead atoms. The summed E-state index contributed by atoms with van der Waals surface area (Å²) in [6, 6.07) is 2.01. The predicted octanol–water partition coefficient (Wildman–Crippen LogP) is 0.209. The van der Waals surface area contributed by atoms with Crippen LogP contribution in [0.15, 0.2) is 12.5 Å². The maximum absolute atomic E-state index is 11.7. The van der Waals surface area contributed by atoms with E-state index in [9.17, 15) is 19.6 Å². The topological polar surface area (TPSA) is 169 Å². The van der Waals surface area contributed by atoms with E-state index >= 15 is 0 Å². The number of nitrogens with zero attached hydrogens (tertiary/aromatic N) is 4. The second kappa shape index (κ2) is 8.34. The summed E-state index contributed by atoms with van der Waals surface area (Å²) < 4.78 is 23.1. The average molecular weight is 417 g/mol. The number of hydrogen-bond acceptors (Lipinski definition) is 11. The number of fused-ring (bicyclic) bond motifs is 1. The van der Waals surface area contributed by atoms with E-state index in [4.69, 9.17) is 24.7 Å². The van der Waals surface area contributed by atoms with E-state index in [1.54, 1.807) is 0 Å². The molecule has 3 heterocycles. The Bertz CT molecular complexity index is 1040. The van der Waals surface area contributed by atoms with Crippen LogP contribution in [-0.2, 0) is 33.3 Å². The first-order valence-corrected chi connectivity index (χ1v) is 8.87. The highest BCUT2D eigenvalue weighted by atomic mass is 16.7. The third kappa shape index (κ3) is 4.01. The number of aromatic nitrogens is 3. The fourth-order valence-electron chi connectivity index (χ4n) is 3.30. The van der Waals surface area contributed by atoms with Crippen molar-refractivity contribution in [3.05, 3.63) is 18.1 Å². The highest BCUT2D eigenvalue weighted by Crippen LogP contribution is 2.37. The molecule has 1 saturated heterocycles. The van der Waals surface area contributed by atoms with Gasteiger partial charge in [-0.25, -0.2) is 9.97 Å². The summed E-state index contributed by atoms with van der Waals surface area (Å²) in [5.41, 5.74) is 6.33. The predicted molar refractivity (Wildman–Crippen MR) is 98.3 cm³/mol. The van der Waals surface area contributed by atoms with E-state index in [0.29, 0.717) is 5.39 Å². The molecular formula is C18H19N5O7. The lowest BCUT2D eigenvalue weighted by molar-refractivity contribution is -0.166. The molecule has 0 aliphatic carbocycles. The van der Waals surface area contributed by atoms with Crippen LogP contribution in [0.3, 0.4) is 0 Å². The largest absolute Gasteiger partial charge is 0.463 e. The first-order valence-electron chi connectivity index (χ1n) is 8.87. The number of carbonyl (C=O) groups is 3. The Labute approximate surface area is 170 Å². The molecule has 0 amide bonds. The van der Waals surface area contributed by atoms with Crippen LogP contribution >= 0.6 is 0 Å². The number of esters is 3. The Morgan fingerprint density at radius 2 is 1.83 bits per heavy atom. The minimum absolute atomic E-state index is 0.0883. The number of hydrogen-bond donors (Lipinski definition) is 1. The summed E-state index contributed by atoms with van der Waals surface area (Å²) in [5, 5.41) is 9.77. The van der Waals surface area contributed by atoms with Crippen molar-refractivity contribution in [3.63, 3.8) is 0 Å². The second-order valence-electron chi connectivity index (χ2n) is 6.54. The molecule has 12 heteroatoms. The highest BCUT2D eigenvalue weighted by molar-refractivity contribution is 5.92. The summed E-state index contributed by atoms with van der Waals surface area (Å²) in [4.78, 5) is 42.7. The van der Waals surface area contributed by atoms with Gasteiger partial charge in [-0.3, -0.25) is 14.4 Å². The Kier molecular flexibility index (Phi) is 5.84. The Morgan fingerprint density at radius 1 is 1.17 bits per heavy atom. The molecule has 158 valence electrons. The molecule has 2 N–H and O–H groups in total. The lowest BCUT2D eigenvalue weighted by Gasteiger charge is -2.24. The van der Waals surface area contributed by atoms with Crippen LogP contribution in [0, 0.1) is 11.3 Å². The number of nitrogen functional groups attached to an aromatic ring is 1. The Morgan fingerprint density at radius 3 is 2.43 bits per heavy atom. The third-order valence-electron chi connectivity index (χ3n) is 4.37. The molecule has 0 saturated carbocycles. The molecule has 2 unspecified atom stereocenters. The van der Waals surface area contributed by atoms with Crippen molar-refractivity contribution in [2.24, 2.45) is 0 Å². The lowest BCUT2D eigenvalue weighted by atomic mass is 10.1. The van der Waals surface area contributed by atoms with E-state index in [0.717, 1.165) is 0 Å². The van der Waals surface area contributed by atoms with E-state index in [-0.39, 0.29) is 23.6 Å². The van der Waals surface area contributed by atoms with Gasteiger partial charge in [-0.15, -0.1) is 0 Å². The minimum atomic E-state index is -1.11. The van der Waals surface area contributed by atoms with Crippen LogP contribution in [0.1, 0.15) is 32.6 Å². The van der Waals surface area contributed by atoms with Crippen molar-refractivity contribution in [2.45, 2.75) is 45.3 Å². The average Bonchev–Trinajstić information content (AvgIpc) is 3.19. The quantitative estimate of drug-likeness (QED) is 0.521. The van der Waals surface area contributed by atoms with E-state index in [1.807, 2.05) is 6.07 Å². The first-order chi connectivity index (χ1) is 14.2. The SMILES string of the molecule is CC(=O)OCC1O[C@@H](n2cc(C#N)c3c(N)ncnc32)[C@H](OC(C)=O)C1OC(C)=O. The zero-order valence-corrected chi connectivity index (χ0v) is 16.4. The molecule has 1 aliphatic heterocycles. The van der Waals surface area contributed by atoms with Gasteiger partial charge < -0.3 is 29.2 Å². The molecule has 0 spiro atoms. The molecule has 30 heavy (non-hydrogen) atoms. The van der Waals surface area contributed by atoms with Crippen molar-refractivity contribution in [1.82, 2.24) is 14.5 Å². The highest BCUT2D eigenvalue weighted by Gasteiger charge is 2.51. The van der Waals surface area contributed by atoms with E-state index < -0.39 is 42.4 Å². The number of ether oxygens (including phenoxy) is 4. The summed E-state index contributed by atoms with van der Waals surface area (Å²) >= 11 is 0. The normalized spacial score (nSPS) is 23.0. The van der Waals surface area contributed by atoms with Gasteiger partial charge in [0.15, 0.2) is 18.4 Å². The smallest absolute Gasteiger partial charge is 0.303 e. The maximum Gasteiger partial charge on any atom is 0.303 e. The van der Waals surface area contributed by atoms with Crippen LogP contribution < -0.4 is 5.73 Å². The van der Waals surface area contributed by atoms with Gasteiger partial charge in [0, 0.05) is 27.0 Å². The van der Waals surface area contributed by atoms with Crippen molar-refractivity contribution < 1.29 is 33.3 Å². The molecule has 2 aromatic rings. The molecule has 4 atom stereocenters. The summed E-state index contributed by atoms with van der Waals surface area (Å²) in [7, 11) is 0. The van der Waals surface area contributed by atoms with Gasteiger partial charge in [-0.05, 0) is 0 Å². The Hall–Kier alpha value is -3.72. The molecule has 1 aliphatic rings. The van der Waals surface area contributed by atoms with Crippen LogP contribution in [0.25, 0.3) is 11.0 Å². The van der Waals surface area contributed by atoms with Crippen molar-refractivity contribution >= 4 is 34.8 Å². The standard InChI is InChI=1S/C18H19N5O7/c1-8(24)27-6-12-14(28-9(2)25)15(29-10(3)26)18(30-12)23-5-11(4-19)13-16(20)21-7-22-17(13)23/h5,7,12,14-15,18H,6H2,1-3H3,(H2,20,21,22)/t12?,14?,15-,18-/m1/s1. The fraction of sp³-hybridized carbons (Fsp3) is 0.444. The van der Waals surface area contributed by atoms with Crippen molar-refractivity contribution in [3.8, 4) is 6.07 Å². The van der Waals surface area contributed by atoms with Crippen LogP contribution in [0.2, 0.25) is 0 Å². The van der Waals surface area contributed by atoms with Gasteiger partial charge in [-0.1, -0.05) is 0 Å². The van der Waals surface area contributed by atoms with Gasteiger partial charge in [-0.2, -0.15) is 5.26 Å². The van der Waals surface area contributed by atoms with Crippen LogP contribution in [-0.4, -0.2) is 57.4 Å². The van der Waals surface area contributed by atoms with Gasteiger partial charge in [0.1, 0.15) is 36.6 Å². The zero-order chi connectivity index (χ0) is 22.0. The first kappa shape index (κ1) is 21.0. The minimum Gasteiger partial charge on any atom is -0.463 e. The molecule has 0 aromatic carbocycles. The number of anilines is 1. The Balaban J connectivity index is 2.09. The summed E-state index contributed by atoms with van der Waals surface area (Å²) in [6.45, 7) is 3.35. The third-order valence-corrected chi connectivity index (χ3v) is 4.37. The monoisotopic (exact) mass is 417 g/mol. The zero-order valence-electron chi connectivity index (χ0n) is 16.4. The van der Waals surface area contributed by atoms with Gasteiger partial charge >= 0.3 is 17.9 Å². The maximum atomic E-state index is 11.7. The van der Waals surface area contributed by atoms with Gasteiger partial charge in [0.25, 0.3) is 0 Å². The van der Waals surface area contributed by atoms with E-state index in [1.165, 1.54) is 37.9 Å². The molecule has 2 aromatic heterocycles. The number of nitriles is 1. The fourth-order valence-corrected chi connectivity index (χ4v) is 3.30. The second-order valence-corrected chi connectivity index (χ2v) is 6.54. The molecular weight excluding hydrogens is 398 g/mol. The molecule has 1 fully saturated rings. The van der Waals surface area contributed by atoms with Gasteiger partial charge in [0.2, 0.25) is 0 Å². The molecule has 3 rings (SSSR count). The molecule has 0 radical (unpaired) electrons. The molecule has 12 nitrogen and oxygen atoms in total. The number of carbonyl (C=O) groups excluding carboxylic acids is 3. The van der Waals surface area contributed by atoms with Crippen molar-refractivity contribution in [1.29, 1.82) is 5.26 Å². The summed E-state index contributed by atoms with van der Waals surface area (Å²) in [6.07, 6.45) is -1.52. The number of rotatable bonds is 5. The lowest BCUT2D eigenvalue weighted by Crippen LogP contribution is -2.40. The summed E-state index contributed by atoms with van der Waals surface area (Å²) in [5.74, 6) is -1.77. The van der Waals surface area contributed by atoms with Crippen LogP contribution in [0.4, 0.5) is 5.82 Å². The van der Waals surface area contributed by atoms with Gasteiger partial charge in [0.05, 0.1) is 10.9 Å². The number of nitrogens with two attached hydrogens (primary N) is 1. The van der Waals surface area contributed by atoms with Crippen molar-refractivity contribution in [2.75, 3.05) is 12.3 Å². The van der Waals surface area contributed by atoms with E-state index in [2.05, 4.69) is 9.97 Å². The van der Waals surface area contributed by atoms with Crippen LogP contribution in [0.5, 0.6) is 0 Å².